The molecule has 0 aliphatic heterocycles. The van der Waals surface area contributed by atoms with E-state index in [1.165, 1.54) is 0 Å². The highest BCUT2D eigenvalue weighted by Gasteiger charge is 2.37. The van der Waals surface area contributed by atoms with Crippen molar-refractivity contribution < 1.29 is 14.3 Å². The number of ether oxygens (including phenoxy) is 1. The van der Waals surface area contributed by atoms with Gasteiger partial charge in [-0.15, -0.1) is 0 Å². The van der Waals surface area contributed by atoms with Gasteiger partial charge in [0.15, 0.2) is 5.78 Å². The molecule has 1 saturated carbocycles. The van der Waals surface area contributed by atoms with Crippen molar-refractivity contribution >= 4 is 23.4 Å². The molecule has 0 amide bonds. The van der Waals surface area contributed by atoms with Crippen LogP contribution in [0.25, 0.3) is 0 Å². The summed E-state index contributed by atoms with van der Waals surface area (Å²) in [6.07, 6.45) is 5.63. The molecule has 1 aromatic carbocycles. The smallest absolute Gasteiger partial charge is 0.308 e. The molecule has 0 spiro atoms. The molecule has 1 atom stereocenters. The maximum Gasteiger partial charge on any atom is 0.308 e. The van der Waals surface area contributed by atoms with Crippen LogP contribution < -0.4 is 0 Å². The monoisotopic (exact) mass is 397 g/mol. The molecule has 4 nitrogen and oxygen atoms in total. The number of esters is 1. The lowest BCUT2D eigenvalue weighted by Crippen LogP contribution is -2.27. The summed E-state index contributed by atoms with van der Waals surface area (Å²) < 4.78 is 5.21. The molecule has 0 radical (unpaired) electrons. The number of fused-ring (bicyclic) bond motifs is 2. The largest absolute Gasteiger partial charge is 0.466 e. The number of pyridine rings is 1. The molecular weight excluding hydrogens is 374 g/mol. The third-order valence-corrected chi connectivity index (χ3v) is 6.32. The molecule has 5 heteroatoms. The maximum atomic E-state index is 12.9. The summed E-state index contributed by atoms with van der Waals surface area (Å²) >= 11 is 6.20. The van der Waals surface area contributed by atoms with E-state index in [4.69, 9.17) is 21.3 Å². The van der Waals surface area contributed by atoms with E-state index in [9.17, 15) is 9.59 Å². The summed E-state index contributed by atoms with van der Waals surface area (Å²) in [7, 11) is 0. The molecule has 0 N–H and O–H groups in total. The Kier molecular flexibility index (Phi) is 5.49. The van der Waals surface area contributed by atoms with Crippen LogP contribution in [0.1, 0.15) is 65.7 Å². The molecule has 4 rings (SSSR count). The Morgan fingerprint density at radius 2 is 2.00 bits per heavy atom. The zero-order valence-corrected chi connectivity index (χ0v) is 16.7. The van der Waals surface area contributed by atoms with Gasteiger partial charge in [-0.1, -0.05) is 23.7 Å². The first-order valence-corrected chi connectivity index (χ1v) is 10.4. The van der Waals surface area contributed by atoms with Gasteiger partial charge in [0, 0.05) is 29.1 Å². The standard InChI is InChI=1S/C23H24ClNO3/c1-2-28-23(27)15-7-5-14(6-8-15)21-18-10-9-17(24)13-19(18)20(26)12-16-4-3-11-25-22(16)21/h3-4,9-11,13-15,21H,2,5-8,12H2,1H3. The van der Waals surface area contributed by atoms with Crippen molar-refractivity contribution in [1.82, 2.24) is 4.98 Å². The number of nitrogens with zero attached hydrogens (tertiary/aromatic N) is 1. The van der Waals surface area contributed by atoms with E-state index in [-0.39, 0.29) is 23.6 Å². The van der Waals surface area contributed by atoms with Gasteiger partial charge in [-0.25, -0.2) is 0 Å². The van der Waals surface area contributed by atoms with Crippen LogP contribution >= 0.6 is 11.6 Å². The second-order valence-electron chi connectivity index (χ2n) is 7.72. The van der Waals surface area contributed by atoms with Crippen molar-refractivity contribution in [3.05, 3.63) is 63.9 Å². The van der Waals surface area contributed by atoms with Crippen molar-refractivity contribution in [2.45, 2.75) is 44.9 Å². The zero-order chi connectivity index (χ0) is 19.7. The van der Waals surface area contributed by atoms with Gasteiger partial charge in [0.2, 0.25) is 0 Å². The van der Waals surface area contributed by atoms with Crippen molar-refractivity contribution in [3.8, 4) is 0 Å². The Bertz CT molecular complexity index is 902. The number of Topliss-reactive ketones (excluding diaryl/α,β-unsaturated/α-hetero) is 1. The van der Waals surface area contributed by atoms with Gasteiger partial charge < -0.3 is 4.74 Å². The van der Waals surface area contributed by atoms with Gasteiger partial charge in [0.05, 0.1) is 18.2 Å². The lowest BCUT2D eigenvalue weighted by atomic mass is 9.71. The van der Waals surface area contributed by atoms with E-state index in [1.54, 1.807) is 6.07 Å². The molecule has 1 unspecified atom stereocenters. The molecule has 146 valence electrons. The summed E-state index contributed by atoms with van der Waals surface area (Å²) in [5.41, 5.74) is 3.73. The molecule has 2 aliphatic rings. The fourth-order valence-electron chi connectivity index (χ4n) is 4.76. The van der Waals surface area contributed by atoms with Crippen LogP contribution in [0.15, 0.2) is 36.5 Å². The fraction of sp³-hybridized carbons (Fsp3) is 0.435. The quantitative estimate of drug-likeness (QED) is 0.685. The number of ketones is 1. The number of hydrogen-bond donors (Lipinski definition) is 0. The Balaban J connectivity index is 1.70. The normalized spacial score (nSPS) is 24.1. The molecule has 1 heterocycles. The molecule has 2 aromatic rings. The second kappa shape index (κ2) is 8.04. The Morgan fingerprint density at radius 1 is 1.21 bits per heavy atom. The minimum Gasteiger partial charge on any atom is -0.466 e. The van der Waals surface area contributed by atoms with Crippen LogP contribution in [0.4, 0.5) is 0 Å². The number of carbonyl (C=O) groups is 2. The topological polar surface area (TPSA) is 56.3 Å². The van der Waals surface area contributed by atoms with Crippen molar-refractivity contribution in [2.24, 2.45) is 11.8 Å². The highest BCUT2D eigenvalue weighted by Crippen LogP contribution is 2.45. The van der Waals surface area contributed by atoms with E-state index in [2.05, 4.69) is 0 Å². The van der Waals surface area contributed by atoms with E-state index >= 15 is 0 Å². The molecule has 28 heavy (non-hydrogen) atoms. The van der Waals surface area contributed by atoms with Crippen molar-refractivity contribution in [3.63, 3.8) is 0 Å². The Hall–Kier alpha value is -2.20. The fourth-order valence-corrected chi connectivity index (χ4v) is 4.93. The van der Waals surface area contributed by atoms with Gasteiger partial charge in [0.25, 0.3) is 0 Å². The first kappa shape index (κ1) is 19.1. The maximum absolute atomic E-state index is 12.9. The first-order chi connectivity index (χ1) is 13.6. The lowest BCUT2D eigenvalue weighted by molar-refractivity contribution is -0.149. The number of rotatable bonds is 3. The summed E-state index contributed by atoms with van der Waals surface area (Å²) in [5, 5.41) is 0.579. The van der Waals surface area contributed by atoms with E-state index < -0.39 is 0 Å². The van der Waals surface area contributed by atoms with Crippen LogP contribution in [-0.4, -0.2) is 23.3 Å². The Labute approximate surface area is 170 Å². The van der Waals surface area contributed by atoms with Crippen LogP contribution in [-0.2, 0) is 16.0 Å². The SMILES string of the molecule is CCOC(=O)C1CCC(C2c3ccc(Cl)cc3C(=O)Cc3cccnc32)CC1. The highest BCUT2D eigenvalue weighted by atomic mass is 35.5. The summed E-state index contributed by atoms with van der Waals surface area (Å²) in [4.78, 5) is 29.7. The third kappa shape index (κ3) is 3.58. The summed E-state index contributed by atoms with van der Waals surface area (Å²) in [5.74, 6) is 0.386. The van der Waals surface area contributed by atoms with Gasteiger partial charge >= 0.3 is 5.97 Å². The van der Waals surface area contributed by atoms with Crippen LogP contribution in [0.2, 0.25) is 5.02 Å². The predicted octanol–water partition coefficient (Wildman–Crippen LogP) is 4.98. The third-order valence-electron chi connectivity index (χ3n) is 6.09. The second-order valence-corrected chi connectivity index (χ2v) is 8.16. The zero-order valence-electron chi connectivity index (χ0n) is 16.0. The van der Waals surface area contributed by atoms with Gasteiger partial charge in [-0.05, 0) is 67.9 Å². The van der Waals surface area contributed by atoms with E-state index in [0.717, 1.165) is 42.5 Å². The number of benzene rings is 1. The average molecular weight is 398 g/mol. The minimum atomic E-state index is -0.0808. The number of carbonyl (C=O) groups excluding carboxylic acids is 2. The number of halogens is 1. The summed E-state index contributed by atoms with van der Waals surface area (Å²) in [6.45, 7) is 2.27. The molecule has 1 aromatic heterocycles. The average Bonchev–Trinajstić information content (AvgIpc) is 2.82. The first-order valence-electron chi connectivity index (χ1n) is 10.0. The minimum absolute atomic E-state index is 0.0171. The summed E-state index contributed by atoms with van der Waals surface area (Å²) in [6, 6.07) is 9.54. The lowest BCUT2D eigenvalue weighted by Gasteiger charge is -2.33. The van der Waals surface area contributed by atoms with Crippen LogP contribution in [0.3, 0.4) is 0 Å². The van der Waals surface area contributed by atoms with E-state index in [1.807, 2.05) is 37.4 Å². The number of hydrogen-bond acceptors (Lipinski definition) is 4. The van der Waals surface area contributed by atoms with Crippen LogP contribution in [0, 0.1) is 11.8 Å². The Morgan fingerprint density at radius 3 is 2.75 bits per heavy atom. The highest BCUT2D eigenvalue weighted by molar-refractivity contribution is 6.31. The molecule has 1 fully saturated rings. The predicted molar refractivity (Wildman–Crippen MR) is 108 cm³/mol. The van der Waals surface area contributed by atoms with Gasteiger partial charge in [-0.3, -0.25) is 14.6 Å². The molecule has 2 aliphatic carbocycles. The van der Waals surface area contributed by atoms with Crippen molar-refractivity contribution in [1.29, 1.82) is 0 Å². The van der Waals surface area contributed by atoms with Crippen LogP contribution in [0.5, 0.6) is 0 Å². The van der Waals surface area contributed by atoms with Crippen molar-refractivity contribution in [2.75, 3.05) is 6.61 Å². The van der Waals surface area contributed by atoms with Gasteiger partial charge in [0.1, 0.15) is 0 Å². The van der Waals surface area contributed by atoms with Gasteiger partial charge in [-0.2, -0.15) is 0 Å². The molecule has 0 bridgehead atoms. The number of aromatic nitrogens is 1. The molecular formula is C23H24ClNO3. The van der Waals surface area contributed by atoms with E-state index in [0.29, 0.717) is 29.5 Å². The molecule has 0 saturated heterocycles.